The summed E-state index contributed by atoms with van der Waals surface area (Å²) in [4.78, 5) is 0. The van der Waals surface area contributed by atoms with Crippen molar-refractivity contribution < 1.29 is 10.2 Å². The average molecular weight is 226 g/mol. The third kappa shape index (κ3) is 4.62. The molecule has 0 aliphatic heterocycles. The van der Waals surface area contributed by atoms with Gasteiger partial charge < -0.3 is 10.2 Å². The molecule has 2 heterocycles. The summed E-state index contributed by atoms with van der Waals surface area (Å²) in [7, 11) is 0. The lowest BCUT2D eigenvalue weighted by Gasteiger charge is -1.90. The number of hydrogen-bond donors (Lipinski definition) is 2. The second-order valence-corrected chi connectivity index (χ2v) is 2.78. The van der Waals surface area contributed by atoms with Crippen LogP contribution >= 0.6 is 0 Å². The molecular weight excluding hydrogens is 212 g/mol. The Balaban J connectivity index is 0.000000160. The number of aliphatic hydroxyl groups is 2. The maximum absolute atomic E-state index is 8.35. The molecule has 0 aliphatic carbocycles. The fourth-order valence-corrected chi connectivity index (χ4v) is 0.909. The van der Waals surface area contributed by atoms with Crippen LogP contribution in [0.3, 0.4) is 0 Å². The fourth-order valence-electron chi connectivity index (χ4n) is 0.909. The molecule has 0 saturated carbocycles. The van der Waals surface area contributed by atoms with E-state index in [-0.39, 0.29) is 13.2 Å². The Morgan fingerprint density at radius 1 is 0.812 bits per heavy atom. The molecule has 0 aromatic carbocycles. The molecule has 2 aromatic heterocycles. The number of nitrogens with zero attached hydrogens (tertiary/aromatic N) is 6. The zero-order valence-corrected chi connectivity index (χ0v) is 8.72. The topological polar surface area (TPSA) is 102 Å². The largest absolute Gasteiger partial charge is 0.394 e. The van der Waals surface area contributed by atoms with Gasteiger partial charge >= 0.3 is 0 Å². The minimum atomic E-state index is 0.114. The van der Waals surface area contributed by atoms with Gasteiger partial charge in [0.15, 0.2) is 0 Å². The molecule has 8 nitrogen and oxygen atoms in total. The van der Waals surface area contributed by atoms with Crippen LogP contribution in [0.4, 0.5) is 0 Å². The van der Waals surface area contributed by atoms with Gasteiger partial charge in [-0.05, 0) is 0 Å². The van der Waals surface area contributed by atoms with Gasteiger partial charge in [-0.25, -0.2) is 0 Å². The molecule has 0 atom stereocenters. The molecular formula is C8H14N6O2. The van der Waals surface area contributed by atoms with Crippen LogP contribution in [-0.2, 0) is 13.1 Å². The molecule has 88 valence electrons. The van der Waals surface area contributed by atoms with Gasteiger partial charge in [0.25, 0.3) is 0 Å². The van der Waals surface area contributed by atoms with Gasteiger partial charge in [0, 0.05) is 12.4 Å². The molecule has 2 aromatic rings. The molecule has 0 radical (unpaired) electrons. The van der Waals surface area contributed by atoms with Crippen LogP contribution in [0.5, 0.6) is 0 Å². The summed E-state index contributed by atoms with van der Waals surface area (Å²) in [5.41, 5.74) is 0. The standard InChI is InChI=1S/2C4H7N3O/c2*8-4-3-7-2-1-5-6-7/h2*1-2,8H,3-4H2. The molecule has 2 rings (SSSR count). The molecule has 0 bridgehead atoms. The van der Waals surface area contributed by atoms with Crippen molar-refractivity contribution in [2.75, 3.05) is 13.2 Å². The van der Waals surface area contributed by atoms with Crippen molar-refractivity contribution in [1.82, 2.24) is 30.0 Å². The van der Waals surface area contributed by atoms with E-state index in [4.69, 9.17) is 10.2 Å². The van der Waals surface area contributed by atoms with Gasteiger partial charge in [-0.2, -0.15) is 0 Å². The summed E-state index contributed by atoms with van der Waals surface area (Å²) < 4.78 is 3.14. The maximum atomic E-state index is 8.35. The number of hydrogen-bond acceptors (Lipinski definition) is 6. The van der Waals surface area contributed by atoms with Crippen LogP contribution in [0.2, 0.25) is 0 Å². The highest BCUT2D eigenvalue weighted by Crippen LogP contribution is 1.77. The summed E-state index contributed by atoms with van der Waals surface area (Å²) in [6.45, 7) is 1.28. The van der Waals surface area contributed by atoms with Gasteiger partial charge in [-0.3, -0.25) is 9.36 Å². The van der Waals surface area contributed by atoms with E-state index in [0.29, 0.717) is 13.1 Å². The van der Waals surface area contributed by atoms with E-state index in [9.17, 15) is 0 Å². The molecule has 0 fully saturated rings. The van der Waals surface area contributed by atoms with Crippen molar-refractivity contribution in [3.8, 4) is 0 Å². The van der Waals surface area contributed by atoms with Crippen molar-refractivity contribution in [1.29, 1.82) is 0 Å². The molecule has 0 aliphatic rings. The highest BCUT2D eigenvalue weighted by molar-refractivity contribution is 4.63. The van der Waals surface area contributed by atoms with E-state index in [1.54, 1.807) is 34.2 Å². The van der Waals surface area contributed by atoms with Gasteiger partial charge in [-0.1, -0.05) is 10.4 Å². The quantitative estimate of drug-likeness (QED) is 0.660. The zero-order valence-electron chi connectivity index (χ0n) is 8.72. The summed E-state index contributed by atoms with van der Waals surface area (Å²) in [5.74, 6) is 0. The normalized spacial score (nSPS) is 9.62. The summed E-state index contributed by atoms with van der Waals surface area (Å²) >= 11 is 0. The monoisotopic (exact) mass is 226 g/mol. The Bertz CT molecular complexity index is 310. The first-order valence-corrected chi connectivity index (χ1v) is 4.76. The number of rotatable bonds is 4. The molecule has 0 amide bonds. The van der Waals surface area contributed by atoms with E-state index in [1.165, 1.54) is 0 Å². The van der Waals surface area contributed by atoms with Crippen LogP contribution in [-0.4, -0.2) is 53.4 Å². The molecule has 8 heteroatoms. The Morgan fingerprint density at radius 3 is 1.50 bits per heavy atom. The van der Waals surface area contributed by atoms with Crippen LogP contribution < -0.4 is 0 Å². The van der Waals surface area contributed by atoms with Crippen LogP contribution in [0.25, 0.3) is 0 Å². The maximum Gasteiger partial charge on any atom is 0.0692 e. The summed E-state index contributed by atoms with van der Waals surface area (Å²) in [5, 5.41) is 31.0. The van der Waals surface area contributed by atoms with E-state index in [1.807, 2.05) is 0 Å². The van der Waals surface area contributed by atoms with Crippen molar-refractivity contribution >= 4 is 0 Å². The van der Waals surface area contributed by atoms with Crippen molar-refractivity contribution in [2.45, 2.75) is 13.1 Å². The number of aliphatic hydroxyl groups excluding tert-OH is 2. The van der Waals surface area contributed by atoms with E-state index in [0.717, 1.165) is 0 Å². The Labute approximate surface area is 92.1 Å². The third-order valence-corrected chi connectivity index (χ3v) is 1.60. The molecule has 0 saturated heterocycles. The van der Waals surface area contributed by atoms with Crippen LogP contribution in [0.15, 0.2) is 24.8 Å². The SMILES string of the molecule is OCCn1ccnn1.OCCn1ccnn1. The first-order valence-electron chi connectivity index (χ1n) is 4.76. The Morgan fingerprint density at radius 2 is 1.25 bits per heavy atom. The highest BCUT2D eigenvalue weighted by Gasteiger charge is 1.85. The third-order valence-electron chi connectivity index (χ3n) is 1.60. The van der Waals surface area contributed by atoms with Crippen LogP contribution in [0.1, 0.15) is 0 Å². The lowest BCUT2D eigenvalue weighted by atomic mass is 10.7. The minimum Gasteiger partial charge on any atom is -0.394 e. The number of aromatic nitrogens is 6. The smallest absolute Gasteiger partial charge is 0.0692 e. The predicted octanol–water partition coefficient (Wildman–Crippen LogP) is -1.46. The molecule has 2 N–H and O–H groups in total. The van der Waals surface area contributed by atoms with E-state index in [2.05, 4.69) is 20.6 Å². The zero-order chi connectivity index (χ0) is 11.6. The summed E-state index contributed by atoms with van der Waals surface area (Å²) in [6.07, 6.45) is 6.57. The second kappa shape index (κ2) is 7.49. The van der Waals surface area contributed by atoms with Crippen LogP contribution in [0, 0.1) is 0 Å². The van der Waals surface area contributed by atoms with Gasteiger partial charge in [0.2, 0.25) is 0 Å². The highest BCUT2D eigenvalue weighted by atomic mass is 16.3. The molecule has 16 heavy (non-hydrogen) atoms. The van der Waals surface area contributed by atoms with E-state index < -0.39 is 0 Å². The van der Waals surface area contributed by atoms with Gasteiger partial charge in [0.1, 0.15) is 0 Å². The second-order valence-electron chi connectivity index (χ2n) is 2.78. The molecule has 0 unspecified atom stereocenters. The predicted molar refractivity (Wildman–Crippen MR) is 54.2 cm³/mol. The lowest BCUT2D eigenvalue weighted by molar-refractivity contribution is 0.267. The minimum absolute atomic E-state index is 0.114. The lowest BCUT2D eigenvalue weighted by Crippen LogP contribution is -2.01. The van der Waals surface area contributed by atoms with Crippen molar-refractivity contribution in [3.63, 3.8) is 0 Å². The van der Waals surface area contributed by atoms with Gasteiger partial charge in [-0.15, -0.1) is 10.2 Å². The first kappa shape index (κ1) is 12.3. The Hall–Kier alpha value is -1.80. The Kier molecular flexibility index (Phi) is 5.74. The average Bonchev–Trinajstić information content (AvgIpc) is 2.92. The first-order chi connectivity index (χ1) is 7.86. The fraction of sp³-hybridized carbons (Fsp3) is 0.500. The molecule has 0 spiro atoms. The summed E-state index contributed by atoms with van der Waals surface area (Å²) in [6, 6.07) is 0. The van der Waals surface area contributed by atoms with Crippen molar-refractivity contribution in [3.05, 3.63) is 24.8 Å². The van der Waals surface area contributed by atoms with Crippen molar-refractivity contribution in [2.24, 2.45) is 0 Å². The van der Waals surface area contributed by atoms with E-state index >= 15 is 0 Å². The van der Waals surface area contributed by atoms with Gasteiger partial charge in [0.05, 0.1) is 38.7 Å².